The van der Waals surface area contributed by atoms with Gasteiger partial charge in [-0.1, -0.05) is 18.2 Å². The van der Waals surface area contributed by atoms with Crippen LogP contribution in [0.2, 0.25) is 0 Å². The molecule has 7 nitrogen and oxygen atoms in total. The first kappa shape index (κ1) is 21.3. The quantitative estimate of drug-likeness (QED) is 0.710. The summed E-state index contributed by atoms with van der Waals surface area (Å²) in [6, 6.07) is 11.0. The summed E-state index contributed by atoms with van der Waals surface area (Å²) in [5.41, 5.74) is 1.70. The van der Waals surface area contributed by atoms with Gasteiger partial charge in [-0.2, -0.15) is 5.10 Å². The van der Waals surface area contributed by atoms with E-state index in [9.17, 15) is 14.0 Å². The molecule has 1 aliphatic heterocycles. The Morgan fingerprint density at radius 1 is 1.13 bits per heavy atom. The van der Waals surface area contributed by atoms with Gasteiger partial charge in [-0.3, -0.25) is 9.59 Å². The summed E-state index contributed by atoms with van der Waals surface area (Å²) in [5.74, 6) is -0.655. The maximum absolute atomic E-state index is 14.5. The van der Waals surface area contributed by atoms with Crippen molar-refractivity contribution < 1.29 is 28.6 Å². The fourth-order valence-corrected chi connectivity index (χ4v) is 3.42. The Labute approximate surface area is 173 Å². The molecule has 1 aliphatic rings. The molecule has 0 aliphatic carbocycles. The second kappa shape index (κ2) is 9.39. The van der Waals surface area contributed by atoms with Crippen LogP contribution < -0.4 is 9.47 Å². The standard InChI is InChI=1S/C22H23FN2O5/c1-29-19-11-10-14(12-20(19)30-2)17-13-18(15-6-3-4-7-16(15)23)25(24-17)21(26)8-5-9-22(27)28/h3-4,6-7,10-12,18H,5,8-9,13H2,1-2H3,(H,27,28)/t18-/m1/s1. The van der Waals surface area contributed by atoms with Crippen molar-refractivity contribution in [3.8, 4) is 11.5 Å². The summed E-state index contributed by atoms with van der Waals surface area (Å²) in [6.45, 7) is 0. The molecule has 2 aromatic rings. The highest BCUT2D eigenvalue weighted by molar-refractivity contribution is 6.03. The molecule has 1 atom stereocenters. The van der Waals surface area contributed by atoms with Crippen LogP contribution in [0.4, 0.5) is 4.39 Å². The summed E-state index contributed by atoms with van der Waals surface area (Å²) < 4.78 is 25.1. The van der Waals surface area contributed by atoms with E-state index in [2.05, 4.69) is 5.10 Å². The monoisotopic (exact) mass is 414 g/mol. The molecule has 158 valence electrons. The van der Waals surface area contributed by atoms with Crippen LogP contribution in [0.5, 0.6) is 11.5 Å². The smallest absolute Gasteiger partial charge is 0.303 e. The summed E-state index contributed by atoms with van der Waals surface area (Å²) in [6.07, 6.45) is 0.410. The van der Waals surface area contributed by atoms with E-state index in [0.29, 0.717) is 29.2 Å². The van der Waals surface area contributed by atoms with Gasteiger partial charge in [-0.25, -0.2) is 9.40 Å². The normalized spacial score (nSPS) is 15.6. The molecule has 8 heteroatoms. The zero-order valence-corrected chi connectivity index (χ0v) is 16.8. The fourth-order valence-electron chi connectivity index (χ4n) is 3.42. The average molecular weight is 414 g/mol. The zero-order chi connectivity index (χ0) is 21.7. The number of carbonyl (C=O) groups excluding carboxylic acids is 1. The van der Waals surface area contributed by atoms with E-state index in [-0.39, 0.29) is 25.2 Å². The third-order valence-electron chi connectivity index (χ3n) is 4.93. The van der Waals surface area contributed by atoms with Crippen molar-refractivity contribution in [3.05, 3.63) is 59.4 Å². The van der Waals surface area contributed by atoms with E-state index >= 15 is 0 Å². The van der Waals surface area contributed by atoms with Crippen molar-refractivity contribution in [2.45, 2.75) is 31.7 Å². The van der Waals surface area contributed by atoms with Gasteiger partial charge in [-0.15, -0.1) is 0 Å². The van der Waals surface area contributed by atoms with Gasteiger partial charge in [-0.05, 0) is 30.7 Å². The molecule has 0 unspecified atom stereocenters. The molecule has 0 saturated heterocycles. The van der Waals surface area contributed by atoms with E-state index in [1.165, 1.54) is 25.3 Å². The van der Waals surface area contributed by atoms with Crippen LogP contribution in [-0.2, 0) is 9.59 Å². The van der Waals surface area contributed by atoms with Crippen LogP contribution in [0.25, 0.3) is 0 Å². The lowest BCUT2D eigenvalue weighted by Gasteiger charge is -2.22. The van der Waals surface area contributed by atoms with E-state index in [4.69, 9.17) is 14.6 Å². The number of hydrazone groups is 1. The van der Waals surface area contributed by atoms with Gasteiger partial charge in [0, 0.05) is 30.4 Å². The molecule has 0 fully saturated rings. The summed E-state index contributed by atoms with van der Waals surface area (Å²) >= 11 is 0. The lowest BCUT2D eigenvalue weighted by atomic mass is 9.97. The zero-order valence-electron chi connectivity index (χ0n) is 16.8. The predicted octanol–water partition coefficient (Wildman–Crippen LogP) is 3.78. The van der Waals surface area contributed by atoms with E-state index < -0.39 is 17.8 Å². The lowest BCUT2D eigenvalue weighted by Crippen LogP contribution is -2.27. The second-order valence-electron chi connectivity index (χ2n) is 6.84. The van der Waals surface area contributed by atoms with Crippen molar-refractivity contribution in [3.63, 3.8) is 0 Å². The van der Waals surface area contributed by atoms with Crippen LogP contribution in [0.1, 0.15) is 42.9 Å². The van der Waals surface area contributed by atoms with Gasteiger partial charge >= 0.3 is 5.97 Å². The summed E-state index contributed by atoms with van der Waals surface area (Å²) in [7, 11) is 3.06. The Bertz CT molecular complexity index is 976. The number of hydrogen-bond acceptors (Lipinski definition) is 5. The number of methoxy groups -OCH3 is 2. The molecular weight excluding hydrogens is 391 g/mol. The number of benzene rings is 2. The number of rotatable bonds is 8. The first-order valence-electron chi connectivity index (χ1n) is 9.52. The van der Waals surface area contributed by atoms with E-state index in [0.717, 1.165) is 5.56 Å². The molecule has 1 heterocycles. The number of hydrogen-bond donors (Lipinski definition) is 1. The number of halogens is 1. The molecule has 0 saturated carbocycles. The van der Waals surface area contributed by atoms with Gasteiger partial charge in [0.25, 0.3) is 0 Å². The highest BCUT2D eigenvalue weighted by Crippen LogP contribution is 2.36. The van der Waals surface area contributed by atoms with Crippen LogP contribution in [0.3, 0.4) is 0 Å². The molecule has 0 aromatic heterocycles. The Morgan fingerprint density at radius 3 is 2.53 bits per heavy atom. The maximum Gasteiger partial charge on any atom is 0.303 e. The first-order chi connectivity index (χ1) is 14.4. The largest absolute Gasteiger partial charge is 0.493 e. The predicted molar refractivity (Wildman–Crippen MR) is 108 cm³/mol. The van der Waals surface area contributed by atoms with Gasteiger partial charge in [0.2, 0.25) is 5.91 Å². The highest BCUT2D eigenvalue weighted by atomic mass is 19.1. The second-order valence-corrected chi connectivity index (χ2v) is 6.84. The molecule has 2 aromatic carbocycles. The molecule has 3 rings (SSSR count). The van der Waals surface area contributed by atoms with Crippen molar-refractivity contribution in [1.29, 1.82) is 0 Å². The summed E-state index contributed by atoms with van der Waals surface area (Å²) in [4.78, 5) is 23.5. The fraction of sp³-hybridized carbons (Fsp3) is 0.318. The van der Waals surface area contributed by atoms with Gasteiger partial charge in [0.05, 0.1) is 26.0 Å². The Kier molecular flexibility index (Phi) is 6.66. The van der Waals surface area contributed by atoms with Crippen molar-refractivity contribution in [2.24, 2.45) is 5.10 Å². The Morgan fingerprint density at radius 2 is 1.87 bits per heavy atom. The number of carboxylic acids is 1. The Hall–Kier alpha value is -3.42. The lowest BCUT2D eigenvalue weighted by molar-refractivity contribution is -0.137. The maximum atomic E-state index is 14.5. The minimum atomic E-state index is -0.968. The van der Waals surface area contributed by atoms with Crippen molar-refractivity contribution in [1.82, 2.24) is 5.01 Å². The minimum Gasteiger partial charge on any atom is -0.493 e. The van der Waals surface area contributed by atoms with Gasteiger partial charge < -0.3 is 14.6 Å². The van der Waals surface area contributed by atoms with Crippen molar-refractivity contribution in [2.75, 3.05) is 14.2 Å². The van der Waals surface area contributed by atoms with Gasteiger partial charge in [0.15, 0.2) is 11.5 Å². The third kappa shape index (κ3) is 4.59. The molecule has 0 bridgehead atoms. The van der Waals surface area contributed by atoms with Gasteiger partial charge in [0.1, 0.15) is 5.82 Å². The van der Waals surface area contributed by atoms with Crippen LogP contribution in [0, 0.1) is 5.82 Å². The number of nitrogens with zero attached hydrogens (tertiary/aromatic N) is 2. The topological polar surface area (TPSA) is 88.4 Å². The molecule has 0 radical (unpaired) electrons. The SMILES string of the molecule is COc1ccc(C2=NN(C(=O)CCCC(=O)O)[C@@H](c3ccccc3F)C2)cc1OC. The molecule has 30 heavy (non-hydrogen) atoms. The van der Waals surface area contributed by atoms with Crippen LogP contribution in [-0.4, -0.2) is 41.9 Å². The van der Waals surface area contributed by atoms with E-state index in [1.807, 2.05) is 0 Å². The van der Waals surface area contributed by atoms with Crippen LogP contribution >= 0.6 is 0 Å². The molecule has 1 amide bonds. The molecule has 0 spiro atoms. The number of carboxylic acid groups (broad SMARTS) is 1. The third-order valence-corrected chi connectivity index (χ3v) is 4.93. The number of amides is 1. The number of aliphatic carboxylic acids is 1. The number of ether oxygens (including phenoxy) is 2. The van der Waals surface area contributed by atoms with Crippen LogP contribution in [0.15, 0.2) is 47.6 Å². The number of carbonyl (C=O) groups is 2. The first-order valence-corrected chi connectivity index (χ1v) is 9.52. The molecule has 1 N–H and O–H groups in total. The summed E-state index contributed by atoms with van der Waals surface area (Å²) in [5, 5.41) is 14.6. The van der Waals surface area contributed by atoms with E-state index in [1.54, 1.807) is 36.4 Å². The minimum absolute atomic E-state index is 0.0139. The highest BCUT2D eigenvalue weighted by Gasteiger charge is 2.34. The average Bonchev–Trinajstić information content (AvgIpc) is 3.18. The van der Waals surface area contributed by atoms with Crippen molar-refractivity contribution >= 4 is 17.6 Å². The molecular formula is C22H23FN2O5. The Balaban J connectivity index is 1.92.